The molecule has 4 rings (SSSR count). The van der Waals surface area contributed by atoms with Gasteiger partial charge in [0.25, 0.3) is 0 Å². The number of carbonyl (C=O) groups excluding carboxylic acids is 1. The van der Waals surface area contributed by atoms with Gasteiger partial charge in [-0.1, -0.05) is 29.8 Å². The lowest BCUT2D eigenvalue weighted by Crippen LogP contribution is -2.39. The smallest absolute Gasteiger partial charge is 0.408 e. The van der Waals surface area contributed by atoms with Gasteiger partial charge in [0.2, 0.25) is 5.91 Å². The van der Waals surface area contributed by atoms with Gasteiger partial charge in [-0.25, -0.2) is 4.79 Å². The van der Waals surface area contributed by atoms with Crippen molar-refractivity contribution < 1.29 is 9.21 Å². The van der Waals surface area contributed by atoms with Gasteiger partial charge in [-0.3, -0.25) is 9.36 Å². The van der Waals surface area contributed by atoms with Crippen LogP contribution >= 0.6 is 11.6 Å². The minimum Gasteiger partial charge on any atom is -0.408 e. The Balaban J connectivity index is 1.70. The molecule has 1 amide bonds. The number of hydrogen-bond donors (Lipinski definition) is 0. The van der Waals surface area contributed by atoms with E-state index in [-0.39, 0.29) is 18.5 Å². The molecule has 0 unspecified atom stereocenters. The van der Waals surface area contributed by atoms with Gasteiger partial charge in [-0.15, -0.1) is 0 Å². The second-order valence-electron chi connectivity index (χ2n) is 6.01. The molecule has 122 valence electrons. The number of hydrogen-bond acceptors (Lipinski definition) is 3. The summed E-state index contributed by atoms with van der Waals surface area (Å²) in [6.07, 6.45) is 0.818. The van der Waals surface area contributed by atoms with Gasteiger partial charge in [0, 0.05) is 22.8 Å². The summed E-state index contributed by atoms with van der Waals surface area (Å²) in [5.41, 5.74) is 3.02. The van der Waals surface area contributed by atoms with Gasteiger partial charge >= 0.3 is 5.76 Å². The van der Waals surface area contributed by atoms with Crippen molar-refractivity contribution in [2.45, 2.75) is 25.9 Å². The van der Waals surface area contributed by atoms with Gasteiger partial charge in [-0.2, -0.15) is 0 Å². The summed E-state index contributed by atoms with van der Waals surface area (Å²) in [6, 6.07) is 12.9. The molecule has 0 fully saturated rings. The first-order valence-electron chi connectivity index (χ1n) is 7.73. The highest BCUT2D eigenvalue weighted by atomic mass is 35.5. The minimum atomic E-state index is -0.555. The van der Waals surface area contributed by atoms with Crippen LogP contribution in [0.5, 0.6) is 0 Å². The van der Waals surface area contributed by atoms with E-state index in [2.05, 4.69) is 0 Å². The van der Waals surface area contributed by atoms with Crippen molar-refractivity contribution in [2.24, 2.45) is 0 Å². The molecule has 0 saturated carbocycles. The maximum Gasteiger partial charge on any atom is 0.420 e. The fourth-order valence-electron chi connectivity index (χ4n) is 3.35. The molecule has 6 heteroatoms. The van der Waals surface area contributed by atoms with E-state index in [1.54, 1.807) is 23.1 Å². The summed E-state index contributed by atoms with van der Waals surface area (Å²) in [5, 5.41) is 0.483. The third-order valence-electron chi connectivity index (χ3n) is 4.40. The summed E-state index contributed by atoms with van der Waals surface area (Å²) in [5.74, 6) is -0.687. The second-order valence-corrected chi connectivity index (χ2v) is 6.45. The lowest BCUT2D eigenvalue weighted by molar-refractivity contribution is -0.119. The maximum atomic E-state index is 12.8. The topological polar surface area (TPSA) is 55.5 Å². The van der Waals surface area contributed by atoms with Gasteiger partial charge in [0.05, 0.1) is 5.52 Å². The van der Waals surface area contributed by atoms with E-state index in [0.717, 1.165) is 17.7 Å². The number of aromatic nitrogens is 1. The Hall–Kier alpha value is -2.53. The fourth-order valence-corrected chi connectivity index (χ4v) is 3.51. The monoisotopic (exact) mass is 342 g/mol. The van der Waals surface area contributed by atoms with Crippen molar-refractivity contribution in [1.29, 1.82) is 0 Å². The minimum absolute atomic E-state index is 0.0634. The number of amides is 1. The SMILES string of the molecule is C[C@H]1Cc2ccccc2N1C(=O)Cn1c(=O)oc2cc(Cl)ccc21. The van der Waals surface area contributed by atoms with E-state index < -0.39 is 5.76 Å². The van der Waals surface area contributed by atoms with Crippen LogP contribution in [0.25, 0.3) is 11.1 Å². The molecule has 0 radical (unpaired) electrons. The van der Waals surface area contributed by atoms with Crippen LogP contribution in [0.4, 0.5) is 5.69 Å². The van der Waals surface area contributed by atoms with Crippen LogP contribution in [0.2, 0.25) is 5.02 Å². The van der Waals surface area contributed by atoms with E-state index >= 15 is 0 Å². The van der Waals surface area contributed by atoms with Crippen LogP contribution in [-0.4, -0.2) is 16.5 Å². The lowest BCUT2D eigenvalue weighted by atomic mass is 10.1. The van der Waals surface area contributed by atoms with Crippen LogP contribution < -0.4 is 10.7 Å². The number of carbonyl (C=O) groups is 1. The quantitative estimate of drug-likeness (QED) is 0.718. The third-order valence-corrected chi connectivity index (χ3v) is 4.63. The van der Waals surface area contributed by atoms with Crippen molar-refractivity contribution >= 4 is 34.3 Å². The molecule has 1 aromatic heterocycles. The van der Waals surface area contributed by atoms with Crippen LogP contribution in [-0.2, 0) is 17.8 Å². The Morgan fingerprint density at radius 2 is 2.08 bits per heavy atom. The third kappa shape index (κ3) is 2.32. The van der Waals surface area contributed by atoms with E-state index in [0.29, 0.717) is 16.1 Å². The molecular weight excluding hydrogens is 328 g/mol. The second kappa shape index (κ2) is 5.53. The molecule has 2 heterocycles. The average molecular weight is 343 g/mol. The molecular formula is C18H15ClN2O3. The highest BCUT2D eigenvalue weighted by Gasteiger charge is 2.31. The number of nitrogens with zero attached hydrogens (tertiary/aromatic N) is 2. The zero-order valence-electron chi connectivity index (χ0n) is 13.0. The molecule has 0 spiro atoms. The Morgan fingerprint density at radius 3 is 2.92 bits per heavy atom. The number of anilines is 1. The number of oxazole rings is 1. The summed E-state index contributed by atoms with van der Waals surface area (Å²) < 4.78 is 6.54. The molecule has 0 N–H and O–H groups in total. The summed E-state index contributed by atoms with van der Waals surface area (Å²) in [6.45, 7) is 1.94. The van der Waals surface area contributed by atoms with Crippen molar-refractivity contribution in [3.63, 3.8) is 0 Å². The van der Waals surface area contributed by atoms with Gasteiger partial charge in [-0.05, 0) is 37.1 Å². The molecule has 3 aromatic rings. The van der Waals surface area contributed by atoms with Crippen molar-refractivity contribution in [3.05, 3.63) is 63.6 Å². The number of halogens is 1. The molecule has 1 atom stereocenters. The van der Waals surface area contributed by atoms with E-state index in [4.69, 9.17) is 16.0 Å². The van der Waals surface area contributed by atoms with Crippen molar-refractivity contribution in [2.75, 3.05) is 4.90 Å². The number of rotatable bonds is 2. The van der Waals surface area contributed by atoms with Crippen LogP contribution in [0.3, 0.4) is 0 Å². The Kier molecular flexibility index (Phi) is 3.46. The van der Waals surface area contributed by atoms with E-state index in [9.17, 15) is 9.59 Å². The highest BCUT2D eigenvalue weighted by molar-refractivity contribution is 6.31. The first kappa shape index (κ1) is 15.0. The Labute approximate surface area is 143 Å². The molecule has 0 saturated heterocycles. The van der Waals surface area contributed by atoms with E-state index in [1.807, 2.05) is 31.2 Å². The number of fused-ring (bicyclic) bond motifs is 2. The zero-order valence-corrected chi connectivity index (χ0v) is 13.8. The standard InChI is InChI=1S/C18H15ClN2O3/c1-11-8-12-4-2-3-5-14(12)21(11)17(22)10-20-15-7-6-13(19)9-16(15)24-18(20)23/h2-7,9,11H,8,10H2,1H3/t11-/m0/s1. The first-order chi connectivity index (χ1) is 11.5. The van der Waals surface area contributed by atoms with Gasteiger partial charge in [0.15, 0.2) is 5.58 Å². The lowest BCUT2D eigenvalue weighted by Gasteiger charge is -2.22. The number of benzene rings is 2. The zero-order chi connectivity index (χ0) is 16.8. The molecule has 24 heavy (non-hydrogen) atoms. The summed E-state index contributed by atoms with van der Waals surface area (Å²) >= 11 is 5.92. The predicted octanol–water partition coefficient (Wildman–Crippen LogP) is 3.23. The van der Waals surface area contributed by atoms with Crippen LogP contribution in [0.1, 0.15) is 12.5 Å². The Bertz CT molecular complexity index is 1000. The molecule has 0 bridgehead atoms. The number of para-hydroxylation sites is 1. The predicted molar refractivity (Wildman–Crippen MR) is 92.6 cm³/mol. The largest absolute Gasteiger partial charge is 0.420 e. The molecule has 1 aliphatic heterocycles. The van der Waals surface area contributed by atoms with Crippen LogP contribution in [0.15, 0.2) is 51.7 Å². The molecule has 1 aliphatic rings. The van der Waals surface area contributed by atoms with E-state index in [1.165, 1.54) is 4.57 Å². The first-order valence-corrected chi connectivity index (χ1v) is 8.11. The maximum absolute atomic E-state index is 12.8. The molecule has 0 aliphatic carbocycles. The van der Waals surface area contributed by atoms with Gasteiger partial charge < -0.3 is 9.32 Å². The fraction of sp³-hybridized carbons (Fsp3) is 0.222. The molecule has 5 nitrogen and oxygen atoms in total. The summed E-state index contributed by atoms with van der Waals surface area (Å²) in [7, 11) is 0. The van der Waals surface area contributed by atoms with Crippen molar-refractivity contribution in [1.82, 2.24) is 4.57 Å². The Morgan fingerprint density at radius 1 is 1.29 bits per heavy atom. The normalized spacial score (nSPS) is 16.6. The van der Waals surface area contributed by atoms with Crippen molar-refractivity contribution in [3.8, 4) is 0 Å². The summed E-state index contributed by atoms with van der Waals surface area (Å²) in [4.78, 5) is 26.7. The van der Waals surface area contributed by atoms with Gasteiger partial charge in [0.1, 0.15) is 6.54 Å². The van der Waals surface area contributed by atoms with Crippen LogP contribution in [0, 0.1) is 0 Å². The average Bonchev–Trinajstić information content (AvgIpc) is 3.03. The molecule has 2 aromatic carbocycles. The highest BCUT2D eigenvalue weighted by Crippen LogP contribution is 2.32.